The third kappa shape index (κ3) is 2.54. The van der Waals surface area contributed by atoms with E-state index in [9.17, 15) is 9.59 Å². The lowest BCUT2D eigenvalue weighted by Gasteiger charge is -2.05. The number of anilines is 1. The molecule has 0 unspecified atom stereocenters. The topological polar surface area (TPSA) is 84.2 Å². The van der Waals surface area contributed by atoms with Gasteiger partial charge in [0.1, 0.15) is 0 Å². The number of carbonyl (C=O) groups is 2. The van der Waals surface area contributed by atoms with Gasteiger partial charge >= 0.3 is 11.8 Å². The van der Waals surface area contributed by atoms with Crippen molar-refractivity contribution < 1.29 is 9.59 Å². The van der Waals surface area contributed by atoms with Gasteiger partial charge in [-0.25, -0.2) is 5.84 Å². The zero-order chi connectivity index (χ0) is 10.6. The van der Waals surface area contributed by atoms with E-state index in [1.165, 1.54) is 0 Å². The fourth-order valence-corrected chi connectivity index (χ4v) is 1.19. The number of nitrogens with two attached hydrogens (primary N) is 1. The summed E-state index contributed by atoms with van der Waals surface area (Å²) in [4.78, 5) is 21.8. The van der Waals surface area contributed by atoms with Crippen LogP contribution in [0.2, 0.25) is 0 Å². The van der Waals surface area contributed by atoms with Gasteiger partial charge in [-0.15, -0.1) is 0 Å². The number of amides is 2. The van der Waals surface area contributed by atoms with Gasteiger partial charge in [0.2, 0.25) is 0 Å². The molecule has 1 rings (SSSR count). The molecule has 0 aliphatic rings. The molecule has 0 fully saturated rings. The molecular formula is C8H8BrN3O2. The van der Waals surface area contributed by atoms with Gasteiger partial charge in [0.25, 0.3) is 0 Å². The molecule has 0 aliphatic carbocycles. The molecule has 0 aromatic heterocycles. The summed E-state index contributed by atoms with van der Waals surface area (Å²) in [6.45, 7) is 0. The number of halogens is 1. The second-order valence-electron chi connectivity index (χ2n) is 2.41. The van der Waals surface area contributed by atoms with E-state index >= 15 is 0 Å². The van der Waals surface area contributed by atoms with Crippen molar-refractivity contribution in [2.24, 2.45) is 5.84 Å². The van der Waals surface area contributed by atoms with E-state index in [0.29, 0.717) is 10.2 Å². The van der Waals surface area contributed by atoms with Gasteiger partial charge in [0.15, 0.2) is 0 Å². The summed E-state index contributed by atoms with van der Waals surface area (Å²) in [7, 11) is 0. The van der Waals surface area contributed by atoms with Crippen molar-refractivity contribution in [2.45, 2.75) is 0 Å². The smallest absolute Gasteiger partial charge is 0.317 e. The monoisotopic (exact) mass is 257 g/mol. The third-order valence-electron chi connectivity index (χ3n) is 1.46. The lowest BCUT2D eigenvalue weighted by atomic mass is 10.3. The van der Waals surface area contributed by atoms with Gasteiger partial charge in [-0.2, -0.15) is 0 Å². The summed E-state index contributed by atoms with van der Waals surface area (Å²) >= 11 is 3.22. The Morgan fingerprint density at radius 3 is 2.43 bits per heavy atom. The zero-order valence-electron chi connectivity index (χ0n) is 7.08. The van der Waals surface area contributed by atoms with Crippen molar-refractivity contribution in [3.05, 3.63) is 28.7 Å². The van der Waals surface area contributed by atoms with Gasteiger partial charge in [0.05, 0.1) is 5.69 Å². The van der Waals surface area contributed by atoms with Crippen LogP contribution in [0.15, 0.2) is 28.7 Å². The quantitative estimate of drug-likeness (QED) is 0.294. The van der Waals surface area contributed by atoms with Gasteiger partial charge in [0, 0.05) is 4.47 Å². The van der Waals surface area contributed by atoms with E-state index in [1.807, 2.05) is 0 Å². The Balaban J connectivity index is 2.75. The van der Waals surface area contributed by atoms with Crippen LogP contribution in [0.25, 0.3) is 0 Å². The first-order chi connectivity index (χ1) is 6.65. The minimum atomic E-state index is -0.888. The Bertz CT molecular complexity index is 367. The van der Waals surface area contributed by atoms with Crippen LogP contribution in [0.1, 0.15) is 0 Å². The van der Waals surface area contributed by atoms with Gasteiger partial charge < -0.3 is 5.32 Å². The predicted octanol–water partition coefficient (Wildman–Crippen LogP) is 0.378. The number of hydrogen-bond acceptors (Lipinski definition) is 3. The molecule has 0 saturated heterocycles. The van der Waals surface area contributed by atoms with Crippen LogP contribution >= 0.6 is 15.9 Å². The lowest BCUT2D eigenvalue weighted by molar-refractivity contribution is -0.136. The van der Waals surface area contributed by atoms with E-state index in [-0.39, 0.29) is 0 Å². The maximum Gasteiger partial charge on any atom is 0.323 e. The highest BCUT2D eigenvalue weighted by Crippen LogP contribution is 2.20. The number of nitrogens with one attached hydrogen (secondary N) is 2. The molecule has 0 atom stereocenters. The molecule has 0 spiro atoms. The van der Waals surface area contributed by atoms with Crippen molar-refractivity contribution in [3.8, 4) is 0 Å². The number of para-hydroxylation sites is 1. The Kier molecular flexibility index (Phi) is 3.61. The number of carbonyl (C=O) groups excluding carboxylic acids is 2. The molecule has 5 nitrogen and oxygen atoms in total. The summed E-state index contributed by atoms with van der Waals surface area (Å²) in [6.07, 6.45) is 0. The van der Waals surface area contributed by atoms with Gasteiger partial charge in [-0.05, 0) is 28.1 Å². The molecule has 1 aromatic rings. The summed E-state index contributed by atoms with van der Waals surface area (Å²) in [6, 6.07) is 6.94. The molecule has 14 heavy (non-hydrogen) atoms. The molecule has 0 radical (unpaired) electrons. The number of hydrazine groups is 1. The molecular weight excluding hydrogens is 250 g/mol. The van der Waals surface area contributed by atoms with Crippen LogP contribution in [0.4, 0.5) is 5.69 Å². The molecule has 0 saturated carbocycles. The summed E-state index contributed by atoms with van der Waals surface area (Å²) in [5, 5.41) is 2.38. The molecule has 6 heteroatoms. The first kappa shape index (κ1) is 10.7. The minimum Gasteiger partial charge on any atom is -0.317 e. The van der Waals surface area contributed by atoms with Crippen LogP contribution in [0.5, 0.6) is 0 Å². The Labute approximate surface area is 88.8 Å². The summed E-state index contributed by atoms with van der Waals surface area (Å²) in [5.41, 5.74) is 2.25. The van der Waals surface area contributed by atoms with Crippen LogP contribution < -0.4 is 16.6 Å². The van der Waals surface area contributed by atoms with E-state index in [1.54, 1.807) is 29.7 Å². The standard InChI is InChI=1S/C8H8BrN3O2/c9-5-3-1-2-4-6(5)11-7(13)8(14)12-10/h1-4H,10H2,(H,11,13)(H,12,14). The first-order valence-electron chi connectivity index (χ1n) is 3.71. The van der Waals surface area contributed by atoms with E-state index in [4.69, 9.17) is 5.84 Å². The molecule has 1 aromatic carbocycles. The van der Waals surface area contributed by atoms with E-state index in [0.717, 1.165) is 0 Å². The second-order valence-corrected chi connectivity index (χ2v) is 3.26. The van der Waals surface area contributed by atoms with Crippen LogP contribution in [0, 0.1) is 0 Å². The zero-order valence-corrected chi connectivity index (χ0v) is 8.67. The first-order valence-corrected chi connectivity index (χ1v) is 4.51. The highest BCUT2D eigenvalue weighted by molar-refractivity contribution is 9.10. The average molecular weight is 258 g/mol. The normalized spacial score (nSPS) is 9.29. The molecule has 4 N–H and O–H groups in total. The summed E-state index contributed by atoms with van der Waals surface area (Å²) in [5.74, 6) is 3.10. The Morgan fingerprint density at radius 2 is 1.86 bits per heavy atom. The fourth-order valence-electron chi connectivity index (χ4n) is 0.807. The van der Waals surface area contributed by atoms with E-state index in [2.05, 4.69) is 21.2 Å². The number of benzene rings is 1. The molecule has 0 aliphatic heterocycles. The van der Waals surface area contributed by atoms with E-state index < -0.39 is 11.8 Å². The van der Waals surface area contributed by atoms with Crippen molar-refractivity contribution >= 4 is 33.4 Å². The highest BCUT2D eigenvalue weighted by atomic mass is 79.9. The fraction of sp³-hybridized carbons (Fsp3) is 0. The molecule has 0 heterocycles. The van der Waals surface area contributed by atoms with Gasteiger partial charge in [-0.1, -0.05) is 12.1 Å². The van der Waals surface area contributed by atoms with Crippen LogP contribution in [-0.4, -0.2) is 11.8 Å². The lowest BCUT2D eigenvalue weighted by Crippen LogP contribution is -2.39. The largest absolute Gasteiger partial charge is 0.323 e. The molecule has 74 valence electrons. The van der Waals surface area contributed by atoms with Crippen LogP contribution in [0.3, 0.4) is 0 Å². The Morgan fingerprint density at radius 1 is 1.21 bits per heavy atom. The summed E-state index contributed by atoms with van der Waals surface area (Å²) < 4.78 is 0.693. The maximum absolute atomic E-state index is 11.1. The van der Waals surface area contributed by atoms with Crippen molar-refractivity contribution in [3.63, 3.8) is 0 Å². The highest BCUT2D eigenvalue weighted by Gasteiger charge is 2.12. The molecule has 0 bridgehead atoms. The minimum absolute atomic E-state index is 0.515. The predicted molar refractivity (Wildman–Crippen MR) is 55.1 cm³/mol. The second kappa shape index (κ2) is 4.73. The van der Waals surface area contributed by atoms with Crippen molar-refractivity contribution in [2.75, 3.05) is 5.32 Å². The average Bonchev–Trinajstić information content (AvgIpc) is 2.20. The maximum atomic E-state index is 11.1. The van der Waals surface area contributed by atoms with Crippen molar-refractivity contribution in [1.82, 2.24) is 5.43 Å². The Hall–Kier alpha value is -1.40. The third-order valence-corrected chi connectivity index (χ3v) is 2.15. The number of hydrogen-bond donors (Lipinski definition) is 3. The SMILES string of the molecule is NNC(=O)C(=O)Nc1ccccc1Br. The van der Waals surface area contributed by atoms with Gasteiger partial charge in [-0.3, -0.25) is 15.0 Å². The van der Waals surface area contributed by atoms with Crippen LogP contribution in [-0.2, 0) is 9.59 Å². The number of rotatable bonds is 1. The van der Waals surface area contributed by atoms with Crippen molar-refractivity contribution in [1.29, 1.82) is 0 Å². The molecule has 2 amide bonds.